The predicted octanol–water partition coefficient (Wildman–Crippen LogP) is 2.18. The summed E-state index contributed by atoms with van der Waals surface area (Å²) in [6.45, 7) is 1.89. The van der Waals surface area contributed by atoms with E-state index >= 15 is 0 Å². The third-order valence-corrected chi connectivity index (χ3v) is 2.18. The number of carbonyl (C=O) groups excluding carboxylic acids is 1. The average molecular weight is 259 g/mol. The molecule has 0 saturated heterocycles. The van der Waals surface area contributed by atoms with Crippen molar-refractivity contribution in [2.75, 3.05) is 12.4 Å². The molecule has 0 aromatic heterocycles. The van der Waals surface area contributed by atoms with E-state index in [1.54, 1.807) is 13.2 Å². The molecule has 5 heteroatoms. The highest BCUT2D eigenvalue weighted by atomic mass is 35.5. The highest BCUT2D eigenvalue weighted by Crippen LogP contribution is 2.16. The highest BCUT2D eigenvalue weighted by molar-refractivity contribution is 5.90. The lowest BCUT2D eigenvalue weighted by molar-refractivity contribution is -0.116. The van der Waals surface area contributed by atoms with Gasteiger partial charge < -0.3 is 15.8 Å². The Bertz CT molecular complexity index is 356. The van der Waals surface area contributed by atoms with Crippen molar-refractivity contribution in [3.05, 3.63) is 24.3 Å². The van der Waals surface area contributed by atoms with E-state index in [9.17, 15) is 4.79 Å². The van der Waals surface area contributed by atoms with Crippen molar-refractivity contribution in [2.24, 2.45) is 5.73 Å². The second-order valence-electron chi connectivity index (χ2n) is 3.80. The molecule has 0 spiro atoms. The molecule has 0 aliphatic rings. The van der Waals surface area contributed by atoms with E-state index < -0.39 is 0 Å². The van der Waals surface area contributed by atoms with Crippen LogP contribution in [0.3, 0.4) is 0 Å². The number of benzene rings is 1. The first-order valence-corrected chi connectivity index (χ1v) is 5.31. The Hall–Kier alpha value is -1.26. The largest absolute Gasteiger partial charge is 0.497 e. The first kappa shape index (κ1) is 15.7. The normalized spacial score (nSPS) is 11.2. The van der Waals surface area contributed by atoms with Crippen LogP contribution in [0, 0.1) is 0 Å². The minimum absolute atomic E-state index is 0. The van der Waals surface area contributed by atoms with Gasteiger partial charge in [-0.25, -0.2) is 0 Å². The lowest BCUT2D eigenvalue weighted by atomic mass is 10.2. The van der Waals surface area contributed by atoms with Gasteiger partial charge in [-0.05, 0) is 25.5 Å². The van der Waals surface area contributed by atoms with Gasteiger partial charge in [-0.3, -0.25) is 4.79 Å². The lowest BCUT2D eigenvalue weighted by Gasteiger charge is -2.08. The van der Waals surface area contributed by atoms with Gasteiger partial charge in [0.2, 0.25) is 5.91 Å². The first-order valence-electron chi connectivity index (χ1n) is 5.31. The fourth-order valence-electron chi connectivity index (χ4n) is 1.28. The molecule has 1 amide bonds. The molecule has 1 unspecified atom stereocenters. The summed E-state index contributed by atoms with van der Waals surface area (Å²) in [5.41, 5.74) is 6.32. The van der Waals surface area contributed by atoms with Gasteiger partial charge >= 0.3 is 0 Å². The molecule has 96 valence electrons. The number of nitrogens with one attached hydrogen (secondary N) is 1. The van der Waals surface area contributed by atoms with Crippen LogP contribution in [0.2, 0.25) is 0 Å². The molecule has 1 aromatic carbocycles. The number of carbonyl (C=O) groups is 1. The Kier molecular flexibility index (Phi) is 7.34. The molecule has 0 fully saturated rings. The molecule has 0 aliphatic carbocycles. The molecular weight excluding hydrogens is 240 g/mol. The molecule has 1 rings (SSSR count). The minimum Gasteiger partial charge on any atom is -0.497 e. The molecule has 1 atom stereocenters. The quantitative estimate of drug-likeness (QED) is 0.851. The van der Waals surface area contributed by atoms with E-state index in [1.165, 1.54) is 0 Å². The molecule has 0 bridgehead atoms. The SMILES string of the molecule is COc1cccc(NC(=O)CCC(C)N)c1.Cl. The van der Waals surface area contributed by atoms with Crippen LogP contribution in [-0.2, 0) is 4.79 Å². The van der Waals surface area contributed by atoms with Crippen LogP contribution in [0.4, 0.5) is 5.69 Å². The maximum atomic E-state index is 11.5. The van der Waals surface area contributed by atoms with Gasteiger partial charge in [-0.1, -0.05) is 6.07 Å². The van der Waals surface area contributed by atoms with E-state index in [0.717, 1.165) is 11.4 Å². The first-order chi connectivity index (χ1) is 7.61. The fraction of sp³-hybridized carbons (Fsp3) is 0.417. The van der Waals surface area contributed by atoms with Crippen molar-refractivity contribution in [1.82, 2.24) is 0 Å². The molecule has 4 nitrogen and oxygen atoms in total. The van der Waals surface area contributed by atoms with Crippen LogP contribution in [0.25, 0.3) is 0 Å². The van der Waals surface area contributed by atoms with E-state index in [4.69, 9.17) is 10.5 Å². The lowest BCUT2D eigenvalue weighted by Crippen LogP contribution is -2.19. The number of hydrogen-bond acceptors (Lipinski definition) is 3. The monoisotopic (exact) mass is 258 g/mol. The molecule has 3 N–H and O–H groups in total. The van der Waals surface area contributed by atoms with Crippen molar-refractivity contribution < 1.29 is 9.53 Å². The number of anilines is 1. The van der Waals surface area contributed by atoms with Crippen LogP contribution < -0.4 is 15.8 Å². The van der Waals surface area contributed by atoms with Crippen molar-refractivity contribution in [3.8, 4) is 5.75 Å². The van der Waals surface area contributed by atoms with Gasteiger partial charge in [0.15, 0.2) is 0 Å². The van der Waals surface area contributed by atoms with E-state index in [2.05, 4.69) is 5.32 Å². The Morgan fingerprint density at radius 1 is 1.53 bits per heavy atom. The second-order valence-corrected chi connectivity index (χ2v) is 3.80. The smallest absolute Gasteiger partial charge is 0.224 e. The third kappa shape index (κ3) is 6.14. The van der Waals surface area contributed by atoms with Gasteiger partial charge in [-0.15, -0.1) is 12.4 Å². The van der Waals surface area contributed by atoms with Crippen LogP contribution in [0.1, 0.15) is 19.8 Å². The Morgan fingerprint density at radius 2 is 2.24 bits per heavy atom. The predicted molar refractivity (Wildman–Crippen MR) is 71.8 cm³/mol. The standard InChI is InChI=1S/C12H18N2O2.ClH/c1-9(13)6-7-12(15)14-10-4-3-5-11(8-10)16-2;/h3-5,8-9H,6-7,13H2,1-2H3,(H,14,15);1H. The van der Waals surface area contributed by atoms with Gasteiger partial charge in [0.05, 0.1) is 7.11 Å². The van der Waals surface area contributed by atoms with E-state index in [1.807, 2.05) is 25.1 Å². The number of hydrogen-bond donors (Lipinski definition) is 2. The Morgan fingerprint density at radius 3 is 2.82 bits per heavy atom. The van der Waals surface area contributed by atoms with Crippen molar-refractivity contribution in [2.45, 2.75) is 25.8 Å². The summed E-state index contributed by atoms with van der Waals surface area (Å²) in [7, 11) is 1.59. The molecule has 17 heavy (non-hydrogen) atoms. The van der Waals surface area contributed by atoms with Gasteiger partial charge in [0.25, 0.3) is 0 Å². The number of amides is 1. The van der Waals surface area contributed by atoms with Crippen molar-refractivity contribution >= 4 is 24.0 Å². The van der Waals surface area contributed by atoms with E-state index in [0.29, 0.717) is 12.8 Å². The summed E-state index contributed by atoms with van der Waals surface area (Å²) >= 11 is 0. The molecule has 0 aliphatic heterocycles. The molecule has 0 saturated carbocycles. The van der Waals surface area contributed by atoms with Crippen LogP contribution >= 0.6 is 12.4 Å². The zero-order valence-corrected chi connectivity index (χ0v) is 10.9. The average Bonchev–Trinajstić information content (AvgIpc) is 2.26. The Balaban J connectivity index is 0.00000256. The van der Waals surface area contributed by atoms with Crippen LogP contribution in [0.15, 0.2) is 24.3 Å². The zero-order chi connectivity index (χ0) is 12.0. The maximum Gasteiger partial charge on any atom is 0.224 e. The summed E-state index contributed by atoms with van der Waals surface area (Å²) in [6.07, 6.45) is 1.13. The summed E-state index contributed by atoms with van der Waals surface area (Å²) in [5.74, 6) is 0.704. The summed E-state index contributed by atoms with van der Waals surface area (Å²) in [5, 5.41) is 2.80. The van der Waals surface area contributed by atoms with Crippen LogP contribution in [0.5, 0.6) is 5.75 Å². The number of methoxy groups -OCH3 is 1. The third-order valence-electron chi connectivity index (χ3n) is 2.18. The van der Waals surface area contributed by atoms with Gasteiger partial charge in [0, 0.05) is 24.2 Å². The highest BCUT2D eigenvalue weighted by Gasteiger charge is 2.04. The van der Waals surface area contributed by atoms with Gasteiger partial charge in [-0.2, -0.15) is 0 Å². The molecule has 0 radical (unpaired) electrons. The number of ether oxygens (including phenoxy) is 1. The number of nitrogens with two attached hydrogens (primary N) is 1. The van der Waals surface area contributed by atoms with Crippen LogP contribution in [-0.4, -0.2) is 19.1 Å². The zero-order valence-electron chi connectivity index (χ0n) is 10.1. The van der Waals surface area contributed by atoms with E-state index in [-0.39, 0.29) is 24.4 Å². The summed E-state index contributed by atoms with van der Waals surface area (Å²) in [6, 6.07) is 7.32. The maximum absolute atomic E-state index is 11.5. The second kappa shape index (κ2) is 7.92. The van der Waals surface area contributed by atoms with Gasteiger partial charge in [0.1, 0.15) is 5.75 Å². The summed E-state index contributed by atoms with van der Waals surface area (Å²) < 4.78 is 5.06. The fourth-order valence-corrected chi connectivity index (χ4v) is 1.28. The van der Waals surface area contributed by atoms with Crippen molar-refractivity contribution in [1.29, 1.82) is 0 Å². The van der Waals surface area contributed by atoms with Crippen molar-refractivity contribution in [3.63, 3.8) is 0 Å². The molecule has 0 heterocycles. The number of rotatable bonds is 5. The topological polar surface area (TPSA) is 64.3 Å². The minimum atomic E-state index is -0.0226. The molecule has 1 aromatic rings. The summed E-state index contributed by atoms with van der Waals surface area (Å²) in [4.78, 5) is 11.5. The molecular formula is C12H19ClN2O2. The number of halogens is 1. The Labute approximate surface area is 108 Å².